The second kappa shape index (κ2) is 5.27. The van der Waals surface area contributed by atoms with E-state index in [1.54, 1.807) is 6.92 Å². The minimum Gasteiger partial charge on any atom is -0.399 e. The van der Waals surface area contributed by atoms with Gasteiger partial charge in [0.2, 0.25) is 5.91 Å². The number of halogens is 2. The molecule has 1 unspecified atom stereocenters. The van der Waals surface area contributed by atoms with Crippen molar-refractivity contribution in [3.63, 3.8) is 0 Å². The summed E-state index contributed by atoms with van der Waals surface area (Å²) in [5.74, 6) is -0.535. The Balaban J connectivity index is 2.36. The van der Waals surface area contributed by atoms with Crippen molar-refractivity contribution >= 4 is 40.7 Å². The molecular weight excluding hydrogens is 289 g/mol. The molecule has 0 radical (unpaired) electrons. The number of nitrogens with one attached hydrogen (secondary N) is 1. The molecular formula is C12H13Cl2N3O2. The van der Waals surface area contributed by atoms with Crippen molar-refractivity contribution in [1.29, 1.82) is 0 Å². The molecule has 1 fully saturated rings. The molecule has 3 N–H and O–H groups in total. The molecule has 1 aromatic carbocycles. The van der Waals surface area contributed by atoms with Gasteiger partial charge in [-0.3, -0.25) is 9.59 Å². The Labute approximate surface area is 120 Å². The van der Waals surface area contributed by atoms with Crippen LogP contribution in [0.15, 0.2) is 12.1 Å². The SMILES string of the molecule is CC1C(=O)NCCN1C(=O)c1cc(N)cc(Cl)c1Cl. The van der Waals surface area contributed by atoms with Crippen molar-refractivity contribution in [1.82, 2.24) is 10.2 Å². The van der Waals surface area contributed by atoms with Crippen LogP contribution in [0.1, 0.15) is 17.3 Å². The second-order valence-corrected chi connectivity index (χ2v) is 5.11. The number of anilines is 1. The van der Waals surface area contributed by atoms with Crippen LogP contribution in [-0.4, -0.2) is 35.8 Å². The van der Waals surface area contributed by atoms with E-state index in [0.717, 1.165) is 0 Å². The minimum atomic E-state index is -0.544. The molecule has 2 amide bonds. The van der Waals surface area contributed by atoms with Gasteiger partial charge in [-0.2, -0.15) is 0 Å². The lowest BCUT2D eigenvalue weighted by atomic mass is 10.1. The normalized spacial score (nSPS) is 19.2. The first-order valence-corrected chi connectivity index (χ1v) is 6.50. The molecule has 102 valence electrons. The zero-order chi connectivity index (χ0) is 14.2. The lowest BCUT2D eigenvalue weighted by Crippen LogP contribution is -2.55. The van der Waals surface area contributed by atoms with Crippen molar-refractivity contribution in [2.75, 3.05) is 18.8 Å². The van der Waals surface area contributed by atoms with Gasteiger partial charge in [0.25, 0.3) is 5.91 Å². The van der Waals surface area contributed by atoms with Crippen LogP contribution in [-0.2, 0) is 4.79 Å². The largest absolute Gasteiger partial charge is 0.399 e. The highest BCUT2D eigenvalue weighted by molar-refractivity contribution is 6.44. The van der Waals surface area contributed by atoms with Crippen molar-refractivity contribution in [2.45, 2.75) is 13.0 Å². The minimum absolute atomic E-state index is 0.152. The van der Waals surface area contributed by atoms with Gasteiger partial charge in [-0.1, -0.05) is 23.2 Å². The van der Waals surface area contributed by atoms with E-state index in [1.165, 1.54) is 17.0 Å². The van der Waals surface area contributed by atoms with Gasteiger partial charge in [-0.15, -0.1) is 0 Å². The van der Waals surface area contributed by atoms with E-state index in [1.807, 2.05) is 0 Å². The summed E-state index contributed by atoms with van der Waals surface area (Å²) in [6, 6.07) is 2.40. The van der Waals surface area contributed by atoms with Crippen LogP contribution in [0.4, 0.5) is 5.69 Å². The fourth-order valence-electron chi connectivity index (χ4n) is 1.98. The maximum absolute atomic E-state index is 12.4. The Bertz CT molecular complexity index is 548. The summed E-state index contributed by atoms with van der Waals surface area (Å²) in [7, 11) is 0. The molecule has 0 bridgehead atoms. The van der Waals surface area contributed by atoms with E-state index in [2.05, 4.69) is 5.32 Å². The molecule has 7 heteroatoms. The Morgan fingerprint density at radius 1 is 1.47 bits per heavy atom. The fourth-order valence-corrected chi connectivity index (χ4v) is 2.40. The van der Waals surface area contributed by atoms with Crippen molar-refractivity contribution in [2.24, 2.45) is 0 Å². The van der Waals surface area contributed by atoms with Gasteiger partial charge in [0, 0.05) is 18.8 Å². The van der Waals surface area contributed by atoms with Crippen LogP contribution in [0, 0.1) is 0 Å². The maximum atomic E-state index is 12.4. The zero-order valence-corrected chi connectivity index (χ0v) is 11.8. The summed E-state index contributed by atoms with van der Waals surface area (Å²) in [6.45, 7) is 2.51. The summed E-state index contributed by atoms with van der Waals surface area (Å²) >= 11 is 11.9. The number of carbonyl (C=O) groups is 2. The predicted octanol–water partition coefficient (Wildman–Crippen LogP) is 1.54. The van der Waals surface area contributed by atoms with Crippen molar-refractivity contribution < 1.29 is 9.59 Å². The van der Waals surface area contributed by atoms with Gasteiger partial charge < -0.3 is 16.0 Å². The molecule has 0 spiro atoms. The molecule has 1 aliphatic rings. The topological polar surface area (TPSA) is 75.4 Å². The van der Waals surface area contributed by atoms with E-state index >= 15 is 0 Å². The molecule has 19 heavy (non-hydrogen) atoms. The van der Waals surface area contributed by atoms with Crippen LogP contribution >= 0.6 is 23.2 Å². The second-order valence-electron chi connectivity index (χ2n) is 4.33. The number of nitrogen functional groups attached to an aromatic ring is 1. The van der Waals surface area contributed by atoms with Crippen molar-refractivity contribution in [3.8, 4) is 0 Å². The van der Waals surface area contributed by atoms with E-state index in [4.69, 9.17) is 28.9 Å². The highest BCUT2D eigenvalue weighted by Crippen LogP contribution is 2.30. The number of carbonyl (C=O) groups excluding carboxylic acids is 2. The third kappa shape index (κ3) is 2.62. The first-order chi connectivity index (χ1) is 8.91. The highest BCUT2D eigenvalue weighted by atomic mass is 35.5. The monoisotopic (exact) mass is 301 g/mol. The summed E-state index contributed by atoms with van der Waals surface area (Å²) in [4.78, 5) is 25.5. The molecule has 0 aromatic heterocycles. The number of benzene rings is 1. The van der Waals surface area contributed by atoms with Gasteiger partial charge in [-0.05, 0) is 19.1 Å². The number of rotatable bonds is 1. The molecule has 2 rings (SSSR count). The summed E-state index contributed by atoms with van der Waals surface area (Å²) in [5, 5.41) is 3.06. The van der Waals surface area contributed by atoms with Gasteiger partial charge >= 0.3 is 0 Å². The Morgan fingerprint density at radius 3 is 2.84 bits per heavy atom. The molecule has 1 heterocycles. The van der Waals surface area contributed by atoms with Crippen LogP contribution in [0.5, 0.6) is 0 Å². The summed E-state index contributed by atoms with van der Waals surface area (Å²) < 4.78 is 0. The Hall–Kier alpha value is -1.46. The van der Waals surface area contributed by atoms with Crippen molar-refractivity contribution in [3.05, 3.63) is 27.7 Å². The number of hydrogen-bond donors (Lipinski definition) is 2. The molecule has 1 aromatic rings. The standard InChI is InChI=1S/C12H13Cl2N3O2/c1-6-11(18)16-2-3-17(6)12(19)8-4-7(15)5-9(13)10(8)14/h4-6H,2-3,15H2,1H3,(H,16,18). The van der Waals surface area contributed by atoms with Crippen LogP contribution in [0.2, 0.25) is 10.0 Å². The number of hydrogen-bond acceptors (Lipinski definition) is 3. The first kappa shape index (κ1) is 14.0. The average molecular weight is 302 g/mol. The van der Waals surface area contributed by atoms with Gasteiger partial charge in [0.15, 0.2) is 0 Å². The third-order valence-electron chi connectivity index (χ3n) is 3.04. The van der Waals surface area contributed by atoms with Gasteiger partial charge in [0.05, 0.1) is 15.6 Å². The lowest BCUT2D eigenvalue weighted by Gasteiger charge is -2.33. The van der Waals surface area contributed by atoms with Gasteiger partial charge in [0.1, 0.15) is 6.04 Å². The number of piperazine rings is 1. The first-order valence-electron chi connectivity index (χ1n) is 5.75. The Morgan fingerprint density at radius 2 is 2.16 bits per heavy atom. The molecule has 1 saturated heterocycles. The van der Waals surface area contributed by atoms with E-state index in [9.17, 15) is 9.59 Å². The average Bonchev–Trinajstić information content (AvgIpc) is 2.36. The molecule has 1 atom stereocenters. The molecule has 1 aliphatic heterocycles. The number of nitrogens with zero attached hydrogens (tertiary/aromatic N) is 1. The number of nitrogens with two attached hydrogens (primary N) is 1. The smallest absolute Gasteiger partial charge is 0.256 e. The lowest BCUT2D eigenvalue weighted by molar-refractivity contribution is -0.127. The van der Waals surface area contributed by atoms with Crippen LogP contribution in [0.3, 0.4) is 0 Å². The quantitative estimate of drug-likeness (QED) is 0.773. The van der Waals surface area contributed by atoms with Gasteiger partial charge in [-0.25, -0.2) is 0 Å². The summed E-state index contributed by atoms with van der Waals surface area (Å²) in [5.41, 5.74) is 6.23. The van der Waals surface area contributed by atoms with E-state index < -0.39 is 6.04 Å². The maximum Gasteiger partial charge on any atom is 0.256 e. The molecule has 5 nitrogen and oxygen atoms in total. The summed E-state index contributed by atoms with van der Waals surface area (Å²) in [6.07, 6.45) is 0. The number of amides is 2. The van der Waals surface area contributed by atoms with E-state index in [-0.39, 0.29) is 27.4 Å². The highest BCUT2D eigenvalue weighted by Gasteiger charge is 2.31. The van der Waals surface area contributed by atoms with Crippen LogP contribution < -0.4 is 11.1 Å². The zero-order valence-electron chi connectivity index (χ0n) is 10.2. The molecule has 0 saturated carbocycles. The molecule has 0 aliphatic carbocycles. The predicted molar refractivity (Wildman–Crippen MR) is 74.4 cm³/mol. The van der Waals surface area contributed by atoms with E-state index in [0.29, 0.717) is 18.8 Å². The third-order valence-corrected chi connectivity index (χ3v) is 3.84. The fraction of sp³-hybridized carbons (Fsp3) is 0.333. The van der Waals surface area contributed by atoms with Crippen LogP contribution in [0.25, 0.3) is 0 Å². The Kier molecular flexibility index (Phi) is 3.87.